The molecule has 1 aromatic carbocycles. The number of carbonyl (C=O) groups is 2. The van der Waals surface area contributed by atoms with Gasteiger partial charge in [-0.15, -0.1) is 22.7 Å². The summed E-state index contributed by atoms with van der Waals surface area (Å²) in [5.41, 5.74) is 1.45. The second-order valence-electron chi connectivity index (χ2n) is 6.78. The number of hydrogen-bond donors (Lipinski definition) is 2. The summed E-state index contributed by atoms with van der Waals surface area (Å²) in [6.45, 7) is 2.02. The number of carbonyl (C=O) groups excluding carboxylic acids is 2. The molecule has 1 amide bonds. The number of nitro benzene ring substituents is 1. The highest BCUT2D eigenvalue weighted by molar-refractivity contribution is 7.80. The lowest BCUT2D eigenvalue weighted by molar-refractivity contribution is -0.384. The van der Waals surface area contributed by atoms with Crippen LogP contribution in [0, 0.1) is 10.1 Å². The van der Waals surface area contributed by atoms with Gasteiger partial charge in [0.05, 0.1) is 22.0 Å². The first-order valence-electron chi connectivity index (χ1n) is 9.49. The molecule has 0 fully saturated rings. The van der Waals surface area contributed by atoms with Gasteiger partial charge < -0.3 is 10.1 Å². The molecule has 2 aromatic heterocycles. The van der Waals surface area contributed by atoms with Crippen molar-refractivity contribution in [1.82, 2.24) is 5.32 Å². The average Bonchev–Trinajstić information content (AvgIpc) is 3.40. The molecule has 0 saturated carbocycles. The summed E-state index contributed by atoms with van der Waals surface area (Å²) in [5.74, 6) is -0.826. The van der Waals surface area contributed by atoms with Gasteiger partial charge in [-0.2, -0.15) is 0 Å². The number of aryl methyl sites for hydroxylation is 1. The molecule has 1 aliphatic carbocycles. The molecule has 11 heteroatoms. The third-order valence-corrected chi connectivity index (χ3v) is 7.32. The van der Waals surface area contributed by atoms with Gasteiger partial charge in [-0.25, -0.2) is 4.79 Å². The lowest BCUT2D eigenvalue weighted by atomic mass is 10.1. The van der Waals surface area contributed by atoms with Gasteiger partial charge in [-0.1, -0.05) is 0 Å². The highest BCUT2D eigenvalue weighted by Crippen LogP contribution is 2.39. The van der Waals surface area contributed by atoms with E-state index in [1.807, 2.05) is 0 Å². The number of anilines is 1. The molecule has 4 rings (SSSR count). The van der Waals surface area contributed by atoms with E-state index in [4.69, 9.17) is 17.0 Å². The van der Waals surface area contributed by atoms with Gasteiger partial charge >= 0.3 is 5.97 Å². The Morgan fingerprint density at radius 1 is 1.26 bits per heavy atom. The number of thiophene rings is 2. The number of nitro groups is 1. The van der Waals surface area contributed by atoms with Crippen molar-refractivity contribution in [3.05, 3.63) is 55.3 Å². The van der Waals surface area contributed by atoms with Crippen molar-refractivity contribution in [3.63, 3.8) is 0 Å². The molecule has 0 spiro atoms. The molecule has 0 saturated heterocycles. The van der Waals surface area contributed by atoms with E-state index in [0.717, 1.165) is 34.4 Å². The number of fused-ring (bicyclic) bond motifs is 2. The third-order valence-electron chi connectivity index (χ3n) is 4.79. The zero-order valence-corrected chi connectivity index (χ0v) is 18.8. The lowest BCUT2D eigenvalue weighted by Crippen LogP contribution is -2.33. The first kappa shape index (κ1) is 21.3. The first-order chi connectivity index (χ1) is 14.9. The molecule has 160 valence electrons. The summed E-state index contributed by atoms with van der Waals surface area (Å²) in [5, 5.41) is 17.8. The number of non-ortho nitro benzene ring substituents is 1. The number of ether oxygens (including phenoxy) is 1. The van der Waals surface area contributed by atoms with E-state index in [2.05, 4.69) is 10.6 Å². The number of esters is 1. The van der Waals surface area contributed by atoms with Crippen LogP contribution in [-0.4, -0.2) is 28.5 Å². The Labute approximate surface area is 190 Å². The van der Waals surface area contributed by atoms with Crippen molar-refractivity contribution >= 4 is 72.7 Å². The van der Waals surface area contributed by atoms with Crippen LogP contribution in [0.5, 0.6) is 0 Å². The highest BCUT2D eigenvalue weighted by Gasteiger charge is 2.28. The van der Waals surface area contributed by atoms with Crippen LogP contribution >= 0.6 is 34.9 Å². The van der Waals surface area contributed by atoms with Crippen molar-refractivity contribution in [2.75, 3.05) is 11.9 Å². The zero-order chi connectivity index (χ0) is 22.1. The smallest absolute Gasteiger partial charge is 0.341 e. The summed E-state index contributed by atoms with van der Waals surface area (Å²) < 4.78 is 5.95. The van der Waals surface area contributed by atoms with E-state index >= 15 is 0 Å². The molecule has 0 bridgehead atoms. The maximum Gasteiger partial charge on any atom is 0.341 e. The van der Waals surface area contributed by atoms with Gasteiger partial charge in [-0.3, -0.25) is 20.2 Å². The molecule has 2 heterocycles. The topological polar surface area (TPSA) is 111 Å². The summed E-state index contributed by atoms with van der Waals surface area (Å²) in [6.07, 6.45) is 2.72. The molecular weight excluding hydrogens is 458 g/mol. The average molecular weight is 476 g/mol. The fourth-order valence-electron chi connectivity index (χ4n) is 3.47. The Kier molecular flexibility index (Phi) is 5.99. The predicted molar refractivity (Wildman–Crippen MR) is 124 cm³/mol. The van der Waals surface area contributed by atoms with Crippen molar-refractivity contribution in [2.24, 2.45) is 0 Å². The third kappa shape index (κ3) is 4.29. The second-order valence-corrected chi connectivity index (χ2v) is 9.38. The summed E-state index contributed by atoms with van der Waals surface area (Å²) in [6, 6.07) is 6.04. The van der Waals surface area contributed by atoms with Crippen LogP contribution in [-0.2, 0) is 17.6 Å². The zero-order valence-electron chi connectivity index (χ0n) is 16.4. The SMILES string of the molecule is CCOC(=O)c1c(NC(=S)NC(=O)c2cc3cc([N+](=O)[O-])ccc3s2)sc2c1CCC2. The van der Waals surface area contributed by atoms with E-state index in [1.165, 1.54) is 34.8 Å². The Morgan fingerprint density at radius 3 is 2.81 bits per heavy atom. The summed E-state index contributed by atoms with van der Waals surface area (Å²) >= 11 is 7.96. The van der Waals surface area contributed by atoms with E-state index in [9.17, 15) is 19.7 Å². The fourth-order valence-corrected chi connectivity index (χ4v) is 5.95. The minimum atomic E-state index is -0.477. The monoisotopic (exact) mass is 475 g/mol. The molecule has 2 N–H and O–H groups in total. The number of thiocarbonyl (C=S) groups is 1. The number of amides is 1. The van der Waals surface area contributed by atoms with Crippen molar-refractivity contribution in [3.8, 4) is 0 Å². The van der Waals surface area contributed by atoms with Gasteiger partial charge in [0.25, 0.3) is 11.6 Å². The lowest BCUT2D eigenvalue weighted by Gasteiger charge is -2.10. The maximum atomic E-state index is 12.6. The number of benzene rings is 1. The standard InChI is InChI=1S/C20H17N3O5S3/c1-2-28-19(25)16-12-4-3-5-14(12)31-18(16)22-20(29)21-17(24)15-9-10-8-11(23(26)27)6-7-13(10)30-15/h6-9H,2-5H2,1H3,(H2,21,22,24,29). The van der Waals surface area contributed by atoms with Crippen LogP contribution in [0.1, 0.15) is 43.8 Å². The Balaban J connectivity index is 1.50. The van der Waals surface area contributed by atoms with Gasteiger partial charge in [0, 0.05) is 27.1 Å². The van der Waals surface area contributed by atoms with Gasteiger partial charge in [0.15, 0.2) is 5.11 Å². The number of nitrogens with zero attached hydrogens (tertiary/aromatic N) is 1. The maximum absolute atomic E-state index is 12.6. The van der Waals surface area contributed by atoms with E-state index in [0.29, 0.717) is 20.8 Å². The molecule has 0 unspecified atom stereocenters. The number of hydrogen-bond acceptors (Lipinski definition) is 8. The van der Waals surface area contributed by atoms with Gasteiger partial charge in [0.2, 0.25) is 0 Å². The Bertz CT molecular complexity index is 1230. The van der Waals surface area contributed by atoms with Crippen LogP contribution < -0.4 is 10.6 Å². The van der Waals surface area contributed by atoms with Crippen molar-refractivity contribution in [1.29, 1.82) is 0 Å². The van der Waals surface area contributed by atoms with Crippen LogP contribution in [0.2, 0.25) is 0 Å². The minimum Gasteiger partial charge on any atom is -0.462 e. The number of rotatable bonds is 5. The molecule has 3 aromatic rings. The molecule has 0 atom stereocenters. The second kappa shape index (κ2) is 8.69. The summed E-state index contributed by atoms with van der Waals surface area (Å²) in [7, 11) is 0. The minimum absolute atomic E-state index is 0.0355. The molecule has 1 aliphatic rings. The van der Waals surface area contributed by atoms with Gasteiger partial charge in [-0.05, 0) is 56.1 Å². The first-order valence-corrected chi connectivity index (χ1v) is 11.5. The van der Waals surface area contributed by atoms with Crippen molar-refractivity contribution < 1.29 is 19.2 Å². The fraction of sp³-hybridized carbons (Fsp3) is 0.250. The van der Waals surface area contributed by atoms with Gasteiger partial charge in [0.1, 0.15) is 5.00 Å². The molecule has 31 heavy (non-hydrogen) atoms. The van der Waals surface area contributed by atoms with E-state index < -0.39 is 16.8 Å². The highest BCUT2D eigenvalue weighted by atomic mass is 32.1. The molecule has 0 aliphatic heterocycles. The number of nitrogens with one attached hydrogen (secondary N) is 2. The van der Waals surface area contributed by atoms with E-state index in [-0.39, 0.29) is 17.4 Å². The van der Waals surface area contributed by atoms with Crippen LogP contribution in [0.4, 0.5) is 10.7 Å². The molecule has 0 radical (unpaired) electrons. The van der Waals surface area contributed by atoms with Crippen LogP contribution in [0.3, 0.4) is 0 Å². The van der Waals surface area contributed by atoms with E-state index in [1.54, 1.807) is 19.1 Å². The summed E-state index contributed by atoms with van der Waals surface area (Å²) in [4.78, 5) is 37.1. The largest absolute Gasteiger partial charge is 0.462 e. The Morgan fingerprint density at radius 2 is 2.06 bits per heavy atom. The Hall–Kier alpha value is -2.89. The van der Waals surface area contributed by atoms with Crippen molar-refractivity contribution in [2.45, 2.75) is 26.2 Å². The predicted octanol–water partition coefficient (Wildman–Crippen LogP) is 4.66. The molecule has 8 nitrogen and oxygen atoms in total. The quantitative estimate of drug-likeness (QED) is 0.239. The van der Waals surface area contributed by atoms with Crippen LogP contribution in [0.25, 0.3) is 10.1 Å². The normalized spacial score (nSPS) is 12.4. The molecular formula is C20H17N3O5S3. The van der Waals surface area contributed by atoms with Crippen LogP contribution in [0.15, 0.2) is 24.3 Å².